The average Bonchev–Trinajstić information content (AvgIpc) is 2.74. The summed E-state index contributed by atoms with van der Waals surface area (Å²) in [6, 6.07) is 10.8. The van der Waals surface area contributed by atoms with Crippen molar-refractivity contribution in [3.05, 3.63) is 47.0 Å². The molecule has 0 amide bonds. The van der Waals surface area contributed by atoms with E-state index < -0.39 is 0 Å². The smallest absolute Gasteiger partial charge is 0.161 e. The van der Waals surface area contributed by atoms with E-state index in [0.717, 1.165) is 48.8 Å². The minimum atomic E-state index is 0.269. The molecule has 5 nitrogen and oxygen atoms in total. The van der Waals surface area contributed by atoms with E-state index in [-0.39, 0.29) is 6.04 Å². The number of hydrogen-bond donors (Lipinski definition) is 0. The van der Waals surface area contributed by atoms with Gasteiger partial charge in [0.25, 0.3) is 0 Å². The predicted octanol–water partition coefficient (Wildman–Crippen LogP) is 4.91. The van der Waals surface area contributed by atoms with Crippen molar-refractivity contribution >= 4 is 0 Å². The Hall–Kier alpha value is -2.40. The van der Waals surface area contributed by atoms with Crippen LogP contribution in [0, 0.1) is 5.92 Å². The molecule has 0 fully saturated rings. The summed E-state index contributed by atoms with van der Waals surface area (Å²) in [4.78, 5) is 2.41. The molecule has 1 atom stereocenters. The fourth-order valence-corrected chi connectivity index (χ4v) is 4.01. The maximum Gasteiger partial charge on any atom is 0.161 e. The van der Waals surface area contributed by atoms with Crippen molar-refractivity contribution < 1.29 is 18.9 Å². The van der Waals surface area contributed by atoms with Crippen LogP contribution in [0.25, 0.3) is 0 Å². The van der Waals surface area contributed by atoms with Crippen molar-refractivity contribution in [2.75, 3.05) is 41.5 Å². The van der Waals surface area contributed by atoms with Crippen molar-refractivity contribution in [3.8, 4) is 23.0 Å². The van der Waals surface area contributed by atoms with Crippen LogP contribution in [0.3, 0.4) is 0 Å². The van der Waals surface area contributed by atoms with Gasteiger partial charge in [-0.05, 0) is 73.2 Å². The molecule has 0 radical (unpaired) electrons. The Kier molecular flexibility index (Phi) is 7.48. The zero-order valence-corrected chi connectivity index (χ0v) is 19.2. The van der Waals surface area contributed by atoms with E-state index in [1.54, 1.807) is 21.3 Å². The van der Waals surface area contributed by atoms with Gasteiger partial charge in [-0.25, -0.2) is 0 Å². The van der Waals surface area contributed by atoms with E-state index in [4.69, 9.17) is 18.9 Å². The van der Waals surface area contributed by atoms with Gasteiger partial charge in [0, 0.05) is 12.6 Å². The van der Waals surface area contributed by atoms with Crippen LogP contribution in [-0.4, -0.2) is 46.4 Å². The second kappa shape index (κ2) is 10.1. The number of benzene rings is 2. The van der Waals surface area contributed by atoms with Crippen LogP contribution in [0.5, 0.6) is 23.0 Å². The number of likely N-dealkylation sites (N-methyl/N-ethyl adjacent to an activating group) is 1. The summed E-state index contributed by atoms with van der Waals surface area (Å²) in [6.07, 6.45) is 2.92. The van der Waals surface area contributed by atoms with Crippen molar-refractivity contribution in [2.45, 2.75) is 39.2 Å². The van der Waals surface area contributed by atoms with Crippen LogP contribution in [0.2, 0.25) is 0 Å². The highest BCUT2D eigenvalue weighted by atomic mass is 16.5. The number of fused-ring (bicyclic) bond motifs is 1. The fourth-order valence-electron chi connectivity index (χ4n) is 4.01. The SMILES string of the molecule is COc1cc2c(cc1OC)C(Cc1ccc(OC)c(OCCC(C)C)c1)N(C)CC2. The molecule has 0 N–H and O–H groups in total. The molecule has 1 unspecified atom stereocenters. The zero-order valence-electron chi connectivity index (χ0n) is 19.2. The quantitative estimate of drug-likeness (QED) is 0.584. The Morgan fingerprint density at radius 3 is 2.30 bits per heavy atom. The van der Waals surface area contributed by atoms with Gasteiger partial charge in [0.1, 0.15) is 0 Å². The normalized spacial score (nSPS) is 16.3. The van der Waals surface area contributed by atoms with Gasteiger partial charge in [-0.1, -0.05) is 19.9 Å². The molecule has 164 valence electrons. The highest BCUT2D eigenvalue weighted by Gasteiger charge is 2.27. The van der Waals surface area contributed by atoms with E-state index in [2.05, 4.69) is 50.1 Å². The minimum Gasteiger partial charge on any atom is -0.493 e. The molecule has 2 aromatic rings. The summed E-state index contributed by atoms with van der Waals surface area (Å²) in [5.41, 5.74) is 3.87. The number of methoxy groups -OCH3 is 3. The Labute approximate surface area is 180 Å². The van der Waals surface area contributed by atoms with Gasteiger partial charge < -0.3 is 18.9 Å². The number of nitrogens with zero attached hydrogens (tertiary/aromatic N) is 1. The van der Waals surface area contributed by atoms with Crippen molar-refractivity contribution in [1.29, 1.82) is 0 Å². The van der Waals surface area contributed by atoms with Crippen LogP contribution in [0.15, 0.2) is 30.3 Å². The monoisotopic (exact) mass is 413 g/mol. The molecule has 0 spiro atoms. The Balaban J connectivity index is 1.87. The van der Waals surface area contributed by atoms with Crippen LogP contribution in [0.4, 0.5) is 0 Å². The maximum absolute atomic E-state index is 6.06. The molecule has 0 aromatic heterocycles. The Morgan fingerprint density at radius 2 is 1.63 bits per heavy atom. The first kappa shape index (κ1) is 22.3. The summed E-state index contributed by atoms with van der Waals surface area (Å²) >= 11 is 0. The lowest BCUT2D eigenvalue weighted by Crippen LogP contribution is -2.33. The Morgan fingerprint density at radius 1 is 0.933 bits per heavy atom. The summed E-state index contributed by atoms with van der Waals surface area (Å²) in [5.74, 6) is 3.79. The van der Waals surface area contributed by atoms with E-state index in [9.17, 15) is 0 Å². The molecule has 1 aliphatic rings. The summed E-state index contributed by atoms with van der Waals surface area (Å²) in [7, 11) is 7.26. The van der Waals surface area contributed by atoms with Crippen molar-refractivity contribution in [3.63, 3.8) is 0 Å². The van der Waals surface area contributed by atoms with Gasteiger partial charge in [0.05, 0.1) is 27.9 Å². The average molecular weight is 414 g/mol. The largest absolute Gasteiger partial charge is 0.493 e. The standard InChI is InChI=1S/C25H35NO4/c1-17(2)10-12-30-25-14-18(7-8-22(25)27-4)13-21-20-16-24(29-6)23(28-5)15-19(20)9-11-26(21)3/h7-8,14-17,21H,9-13H2,1-6H3. The first-order valence-electron chi connectivity index (χ1n) is 10.7. The van der Waals surface area contributed by atoms with Crippen LogP contribution < -0.4 is 18.9 Å². The second-order valence-corrected chi connectivity index (χ2v) is 8.37. The third kappa shape index (κ3) is 5.01. The lowest BCUT2D eigenvalue weighted by atomic mass is 9.88. The minimum absolute atomic E-state index is 0.269. The molecule has 2 aromatic carbocycles. The molecule has 1 heterocycles. The van der Waals surface area contributed by atoms with Gasteiger partial charge in [-0.3, -0.25) is 4.90 Å². The highest BCUT2D eigenvalue weighted by molar-refractivity contribution is 5.50. The summed E-state index contributed by atoms with van der Waals surface area (Å²) in [6.45, 7) is 6.12. The highest BCUT2D eigenvalue weighted by Crippen LogP contribution is 2.39. The van der Waals surface area contributed by atoms with Gasteiger partial charge >= 0.3 is 0 Å². The van der Waals surface area contributed by atoms with Crippen molar-refractivity contribution in [1.82, 2.24) is 4.90 Å². The molecule has 0 aliphatic carbocycles. The fraction of sp³-hybridized carbons (Fsp3) is 0.520. The van der Waals surface area contributed by atoms with Gasteiger partial charge in [0.2, 0.25) is 0 Å². The number of rotatable bonds is 9. The van der Waals surface area contributed by atoms with Gasteiger partial charge in [0.15, 0.2) is 23.0 Å². The van der Waals surface area contributed by atoms with E-state index in [1.165, 1.54) is 16.7 Å². The van der Waals surface area contributed by atoms with E-state index >= 15 is 0 Å². The lowest BCUT2D eigenvalue weighted by Gasteiger charge is -2.35. The van der Waals surface area contributed by atoms with Crippen LogP contribution in [0.1, 0.15) is 43.0 Å². The molecule has 1 aliphatic heterocycles. The summed E-state index contributed by atoms with van der Waals surface area (Å²) < 4.78 is 22.6. The first-order chi connectivity index (χ1) is 14.5. The lowest BCUT2D eigenvalue weighted by molar-refractivity contribution is 0.227. The molecule has 0 saturated heterocycles. The Bertz CT molecular complexity index is 849. The zero-order chi connectivity index (χ0) is 21.7. The molecule has 5 heteroatoms. The third-order valence-electron chi connectivity index (χ3n) is 5.88. The summed E-state index contributed by atoms with van der Waals surface area (Å²) in [5, 5.41) is 0. The number of hydrogen-bond acceptors (Lipinski definition) is 5. The molecule has 0 saturated carbocycles. The van der Waals surface area contributed by atoms with E-state index in [1.807, 2.05) is 6.07 Å². The van der Waals surface area contributed by atoms with Gasteiger partial charge in [-0.15, -0.1) is 0 Å². The van der Waals surface area contributed by atoms with Crippen LogP contribution in [-0.2, 0) is 12.8 Å². The van der Waals surface area contributed by atoms with E-state index in [0.29, 0.717) is 12.5 Å². The molecule has 0 bridgehead atoms. The topological polar surface area (TPSA) is 40.2 Å². The third-order valence-corrected chi connectivity index (χ3v) is 5.88. The molecule has 3 rings (SSSR count). The molecular formula is C25H35NO4. The van der Waals surface area contributed by atoms with Crippen molar-refractivity contribution in [2.24, 2.45) is 5.92 Å². The molecular weight excluding hydrogens is 378 g/mol. The maximum atomic E-state index is 6.06. The first-order valence-corrected chi connectivity index (χ1v) is 10.7. The predicted molar refractivity (Wildman–Crippen MR) is 120 cm³/mol. The van der Waals surface area contributed by atoms with Crippen LogP contribution >= 0.6 is 0 Å². The number of ether oxygens (including phenoxy) is 4. The second-order valence-electron chi connectivity index (χ2n) is 8.37. The van der Waals surface area contributed by atoms with Gasteiger partial charge in [-0.2, -0.15) is 0 Å². The molecule has 30 heavy (non-hydrogen) atoms.